The molecule has 5 aromatic rings. The van der Waals surface area contributed by atoms with Crippen molar-refractivity contribution >= 4 is 44.0 Å². The zero-order chi connectivity index (χ0) is 46.8. The number of aromatic amines is 1. The number of aromatic nitrogens is 2. The molecule has 1 spiro atoms. The van der Waals surface area contributed by atoms with Crippen LogP contribution < -0.4 is 24.4 Å². The highest BCUT2D eigenvalue weighted by Crippen LogP contribution is 2.49. The molecule has 2 aliphatic carbocycles. The van der Waals surface area contributed by atoms with Crippen LogP contribution in [0, 0.1) is 27.3 Å². The number of hydrogen-bond donors (Lipinski definition) is 4. The summed E-state index contributed by atoms with van der Waals surface area (Å²) in [4.78, 5) is 37.2. The summed E-state index contributed by atoms with van der Waals surface area (Å²) < 4.78 is 56.9. The SMILES string of the molecule is CC(C)c1ccccc1[C@H]1CCC[C@H]1N1CC2(CCN(c3ccc(C(=O)NS(=O)(=O)c4cc5c(c([N+](=O)[O-])c4)N[C@@H](C4CCC(C)(O)CC4)CO5)c(Oc4cnc5[nH]cc(F)c5c4)c3)CC2)C1. The average molecular weight is 936 g/mol. The van der Waals surface area contributed by atoms with Crippen LogP contribution in [0.1, 0.15) is 112 Å². The largest absolute Gasteiger partial charge is 0.489 e. The number of ether oxygens (including phenoxy) is 2. The van der Waals surface area contributed by atoms with Crippen molar-refractivity contribution in [2.45, 2.75) is 113 Å². The van der Waals surface area contributed by atoms with Gasteiger partial charge in [0.15, 0.2) is 11.4 Å². The first kappa shape index (κ1) is 45.0. The maximum atomic E-state index is 14.7. The van der Waals surface area contributed by atoms with Gasteiger partial charge in [-0.15, -0.1) is 0 Å². The molecule has 354 valence electrons. The van der Waals surface area contributed by atoms with E-state index in [1.54, 1.807) is 19.1 Å². The molecule has 17 heteroatoms. The highest BCUT2D eigenvalue weighted by atomic mass is 32.2. The first-order valence-corrected chi connectivity index (χ1v) is 25.1. The smallest absolute Gasteiger partial charge is 0.297 e. The van der Waals surface area contributed by atoms with Crippen molar-refractivity contribution in [2.24, 2.45) is 11.3 Å². The fourth-order valence-electron chi connectivity index (χ4n) is 11.5. The maximum Gasteiger partial charge on any atom is 0.297 e. The highest BCUT2D eigenvalue weighted by molar-refractivity contribution is 7.90. The van der Waals surface area contributed by atoms with Crippen LogP contribution in [-0.4, -0.2) is 89.7 Å². The van der Waals surface area contributed by atoms with Gasteiger partial charge >= 0.3 is 0 Å². The summed E-state index contributed by atoms with van der Waals surface area (Å²) in [7, 11) is -4.71. The fourth-order valence-corrected chi connectivity index (χ4v) is 12.5. The van der Waals surface area contributed by atoms with Gasteiger partial charge in [-0.3, -0.25) is 19.8 Å². The van der Waals surface area contributed by atoms with Crippen molar-refractivity contribution < 1.29 is 37.1 Å². The van der Waals surface area contributed by atoms with Gasteiger partial charge in [0.25, 0.3) is 21.6 Å². The van der Waals surface area contributed by atoms with Crippen LogP contribution in [0.15, 0.2) is 78.0 Å². The van der Waals surface area contributed by atoms with E-state index in [2.05, 4.69) is 67.9 Å². The van der Waals surface area contributed by atoms with Crippen molar-refractivity contribution in [1.82, 2.24) is 19.6 Å². The van der Waals surface area contributed by atoms with E-state index in [-0.39, 0.29) is 57.9 Å². The molecule has 2 aromatic heterocycles. The second-order valence-corrected chi connectivity index (χ2v) is 21.9. The molecule has 3 aromatic carbocycles. The van der Waals surface area contributed by atoms with E-state index in [1.165, 1.54) is 61.0 Å². The van der Waals surface area contributed by atoms with Gasteiger partial charge in [0.1, 0.15) is 29.6 Å². The Balaban J connectivity index is 0.863. The number of H-pyrrole nitrogens is 1. The lowest BCUT2D eigenvalue weighted by Gasteiger charge is -2.57. The second kappa shape index (κ2) is 17.4. The van der Waals surface area contributed by atoms with Gasteiger partial charge < -0.3 is 29.8 Å². The summed E-state index contributed by atoms with van der Waals surface area (Å²) in [6.07, 6.45) is 10.8. The Labute approximate surface area is 389 Å². The molecule has 4 N–H and O–H groups in total. The molecule has 1 amide bonds. The highest BCUT2D eigenvalue weighted by Gasteiger charge is 2.49. The van der Waals surface area contributed by atoms with Gasteiger partial charge in [0.2, 0.25) is 0 Å². The van der Waals surface area contributed by atoms with Crippen LogP contribution in [0.3, 0.4) is 0 Å². The molecular formula is C50H58FN7O8S. The number of likely N-dealkylation sites (tertiary alicyclic amines) is 1. The number of nitrogens with one attached hydrogen (secondary N) is 3. The predicted molar refractivity (Wildman–Crippen MR) is 252 cm³/mol. The van der Waals surface area contributed by atoms with E-state index in [0.29, 0.717) is 49.2 Å². The normalized spacial score (nSPS) is 25.0. The van der Waals surface area contributed by atoms with E-state index in [4.69, 9.17) is 9.47 Å². The molecule has 0 bridgehead atoms. The molecule has 15 nitrogen and oxygen atoms in total. The van der Waals surface area contributed by atoms with Crippen molar-refractivity contribution in [3.8, 4) is 17.2 Å². The van der Waals surface area contributed by atoms with Gasteiger partial charge in [-0.05, 0) is 111 Å². The Kier molecular flexibility index (Phi) is 11.7. The third-order valence-corrected chi connectivity index (χ3v) is 16.6. The summed E-state index contributed by atoms with van der Waals surface area (Å²) in [6.45, 7) is 10.2. The molecule has 3 atom stereocenters. The standard InChI is InChI=1S/C50H58FN7O8S/c1-30(2)35-7-4-5-8-36(35)37-9-6-10-42(37)57-28-50(29-57)17-19-56(20-18-50)32-11-12-38(44(21-32)66-33-22-39-40(51)26-53-47(39)52-25-33)48(59)55-67(63,64)34-23-43(58(61)62)46-45(24-34)65-27-41(54-46)31-13-15-49(3,60)16-14-31/h4-5,7-8,11-12,21-26,30-31,37,41-42,54,60H,6,9-10,13-20,27-29H2,1-3H3,(H,52,53)(H,55,59)/t31?,37-,41-,42-,49?/m1/s1. The van der Waals surface area contributed by atoms with Crippen LogP contribution in [-0.2, 0) is 10.0 Å². The molecule has 4 fully saturated rings. The number of hydrogen-bond acceptors (Lipinski definition) is 12. The van der Waals surface area contributed by atoms with Gasteiger partial charge in [0.05, 0.1) is 38.6 Å². The first-order valence-electron chi connectivity index (χ1n) is 23.6. The average Bonchev–Trinajstić information content (AvgIpc) is 3.94. The van der Waals surface area contributed by atoms with E-state index in [1.807, 2.05) is 0 Å². The Morgan fingerprint density at radius 1 is 1.04 bits per heavy atom. The molecule has 2 saturated carbocycles. The number of carbonyl (C=O) groups excluding carboxylic acids is 1. The van der Waals surface area contributed by atoms with E-state index >= 15 is 0 Å². The number of pyridine rings is 1. The van der Waals surface area contributed by atoms with Crippen LogP contribution in [0.5, 0.6) is 17.2 Å². The Morgan fingerprint density at radius 2 is 1.81 bits per heavy atom. The molecule has 67 heavy (non-hydrogen) atoms. The maximum absolute atomic E-state index is 14.7. The molecule has 5 heterocycles. The lowest BCUT2D eigenvalue weighted by Crippen LogP contribution is -2.63. The lowest BCUT2D eigenvalue weighted by molar-refractivity contribution is -0.384. The molecule has 2 saturated heterocycles. The van der Waals surface area contributed by atoms with Crippen molar-refractivity contribution in [2.75, 3.05) is 43.0 Å². The van der Waals surface area contributed by atoms with Crippen molar-refractivity contribution in [3.05, 3.63) is 106 Å². The first-order chi connectivity index (χ1) is 32.1. The van der Waals surface area contributed by atoms with Gasteiger partial charge in [0, 0.05) is 62.3 Å². The lowest BCUT2D eigenvalue weighted by atomic mass is 9.70. The number of nitro groups is 1. The fraction of sp³-hybridized carbons (Fsp3) is 0.480. The number of aliphatic hydroxyl groups is 1. The third-order valence-electron chi connectivity index (χ3n) is 15.3. The zero-order valence-electron chi connectivity index (χ0n) is 38.1. The Hall–Kier alpha value is -5.78. The van der Waals surface area contributed by atoms with E-state index < -0.39 is 42.9 Å². The van der Waals surface area contributed by atoms with Gasteiger partial charge in [-0.2, -0.15) is 0 Å². The quantitative estimate of drug-likeness (QED) is 0.0727. The van der Waals surface area contributed by atoms with Crippen molar-refractivity contribution in [1.29, 1.82) is 0 Å². The number of amides is 1. The monoisotopic (exact) mass is 935 g/mol. The summed E-state index contributed by atoms with van der Waals surface area (Å²) >= 11 is 0. The van der Waals surface area contributed by atoms with Crippen molar-refractivity contribution in [3.63, 3.8) is 0 Å². The Morgan fingerprint density at radius 3 is 2.55 bits per heavy atom. The number of fused-ring (bicyclic) bond motifs is 2. The number of halogens is 1. The number of nitro benzene ring substituents is 1. The number of anilines is 2. The minimum atomic E-state index is -4.71. The summed E-state index contributed by atoms with van der Waals surface area (Å²) in [5.41, 5.74) is 2.92. The summed E-state index contributed by atoms with van der Waals surface area (Å²) in [6, 6.07) is 17.7. The number of carbonyl (C=O) groups is 1. The van der Waals surface area contributed by atoms with Crippen LogP contribution in [0.4, 0.5) is 21.5 Å². The molecule has 0 radical (unpaired) electrons. The minimum Gasteiger partial charge on any atom is -0.489 e. The third kappa shape index (κ3) is 8.81. The van der Waals surface area contributed by atoms with Gasteiger partial charge in [-0.25, -0.2) is 22.5 Å². The number of sulfonamides is 1. The van der Waals surface area contributed by atoms with Crippen LogP contribution in [0.2, 0.25) is 0 Å². The van der Waals surface area contributed by atoms with E-state index in [9.17, 15) is 32.8 Å². The predicted octanol–water partition coefficient (Wildman–Crippen LogP) is 9.00. The minimum absolute atomic E-state index is 0.0191. The van der Waals surface area contributed by atoms with E-state index in [0.717, 1.165) is 50.8 Å². The summed E-state index contributed by atoms with van der Waals surface area (Å²) in [5, 5.41) is 26.2. The molecule has 0 unspecified atom stereocenters. The second-order valence-electron chi connectivity index (χ2n) is 20.2. The summed E-state index contributed by atoms with van der Waals surface area (Å²) in [5.74, 6) is -0.335. The van der Waals surface area contributed by atoms with Crippen LogP contribution in [0.25, 0.3) is 11.0 Å². The molecule has 3 aliphatic heterocycles. The van der Waals surface area contributed by atoms with Gasteiger partial charge in [-0.1, -0.05) is 44.5 Å². The number of piperidine rings is 1. The number of nitrogens with zero attached hydrogens (tertiary/aromatic N) is 4. The molecule has 5 aliphatic rings. The Bertz CT molecular complexity index is 2830. The number of rotatable bonds is 11. The topological polar surface area (TPSA) is 192 Å². The van der Waals surface area contributed by atoms with Crippen LogP contribution >= 0.6 is 0 Å². The number of benzene rings is 3. The molecule has 10 rings (SSSR count). The zero-order valence-corrected chi connectivity index (χ0v) is 38.9. The molecular weight excluding hydrogens is 878 g/mol.